The maximum Gasteiger partial charge on any atom is 0.142 e. The third-order valence-corrected chi connectivity index (χ3v) is 6.67. The Labute approximate surface area is 164 Å². The molecule has 2 atom stereocenters. The first-order valence-electron chi connectivity index (χ1n) is 9.95. The molecule has 4 fully saturated rings. The number of anilines is 1. The van der Waals surface area contributed by atoms with Crippen LogP contribution in [0.3, 0.4) is 0 Å². The van der Waals surface area contributed by atoms with Crippen LogP contribution in [-0.2, 0) is 4.74 Å². The first-order chi connectivity index (χ1) is 13.2. The number of nitrogens with two attached hydrogens (primary N) is 1. The van der Waals surface area contributed by atoms with Gasteiger partial charge < -0.3 is 10.5 Å². The van der Waals surface area contributed by atoms with Crippen molar-refractivity contribution in [3.63, 3.8) is 0 Å². The predicted octanol–water partition coefficient (Wildman–Crippen LogP) is 3.24. The lowest BCUT2D eigenvalue weighted by Gasteiger charge is -2.35. The highest BCUT2D eigenvalue weighted by Crippen LogP contribution is 2.45. The Morgan fingerprint density at radius 2 is 1.93 bits per heavy atom. The zero-order valence-corrected chi connectivity index (χ0v) is 16.2. The van der Waals surface area contributed by atoms with Crippen molar-refractivity contribution in [1.82, 2.24) is 19.7 Å². The van der Waals surface area contributed by atoms with E-state index in [0.29, 0.717) is 16.9 Å². The molecule has 0 spiro atoms. The van der Waals surface area contributed by atoms with Crippen molar-refractivity contribution in [3.05, 3.63) is 29.5 Å². The molecular weight excluding hydrogens is 362 g/mol. The highest BCUT2D eigenvalue weighted by molar-refractivity contribution is 6.33. The summed E-state index contributed by atoms with van der Waals surface area (Å²) in [6.45, 7) is 4.75. The van der Waals surface area contributed by atoms with Gasteiger partial charge in [-0.2, -0.15) is 5.10 Å². The van der Waals surface area contributed by atoms with Crippen LogP contribution in [0.15, 0.2) is 24.5 Å². The molecule has 0 bridgehead atoms. The number of fused-ring (bicyclic) bond motifs is 1. The first kappa shape index (κ1) is 17.5. The smallest absolute Gasteiger partial charge is 0.142 e. The number of ether oxygens (including phenoxy) is 1. The average molecular weight is 388 g/mol. The van der Waals surface area contributed by atoms with E-state index in [4.69, 9.17) is 22.1 Å². The number of pyridine rings is 1. The molecule has 144 valence electrons. The van der Waals surface area contributed by atoms with Crippen molar-refractivity contribution in [2.24, 2.45) is 11.8 Å². The van der Waals surface area contributed by atoms with Gasteiger partial charge in [0.05, 0.1) is 36.0 Å². The van der Waals surface area contributed by atoms with Crippen LogP contribution in [0.25, 0.3) is 11.3 Å². The van der Waals surface area contributed by atoms with Gasteiger partial charge in [-0.25, -0.2) is 4.98 Å². The fourth-order valence-electron chi connectivity index (χ4n) is 4.10. The van der Waals surface area contributed by atoms with Crippen molar-refractivity contribution < 1.29 is 4.74 Å². The molecule has 2 saturated carbocycles. The van der Waals surface area contributed by atoms with Crippen LogP contribution in [0, 0.1) is 11.8 Å². The normalized spacial score (nSPS) is 27.3. The van der Waals surface area contributed by atoms with Gasteiger partial charge in [0.1, 0.15) is 5.82 Å². The second kappa shape index (κ2) is 7.08. The van der Waals surface area contributed by atoms with E-state index < -0.39 is 0 Å². The standard InChI is InChI=1S/C12H13ClN4.C8H13NO/c13-10-6-8(7-15-12(10)14)11-4-5-17(16-11)9-2-1-3-9;1-6-2-9(3-7(1)6)8-4-10-5-8/h4-7,9H,1-3H2,(H2,14,15);6-8H,1-5H2. The first-order valence-corrected chi connectivity index (χ1v) is 10.3. The van der Waals surface area contributed by atoms with Crippen LogP contribution in [0.4, 0.5) is 5.82 Å². The molecule has 0 amide bonds. The van der Waals surface area contributed by atoms with Gasteiger partial charge in [-0.05, 0) is 49.7 Å². The Hall–Kier alpha value is -1.63. The predicted molar refractivity (Wildman–Crippen MR) is 106 cm³/mol. The molecule has 2 aliphatic heterocycles. The van der Waals surface area contributed by atoms with Crippen LogP contribution < -0.4 is 5.73 Å². The zero-order valence-electron chi connectivity index (χ0n) is 15.4. The molecule has 2 aromatic heterocycles. The highest BCUT2D eigenvalue weighted by atomic mass is 35.5. The van der Waals surface area contributed by atoms with Crippen LogP contribution in [0.1, 0.15) is 31.7 Å². The average Bonchev–Trinajstić information content (AvgIpc) is 2.96. The fourth-order valence-corrected chi connectivity index (χ4v) is 4.27. The van der Waals surface area contributed by atoms with E-state index in [2.05, 4.69) is 15.0 Å². The number of hydrogen-bond acceptors (Lipinski definition) is 5. The summed E-state index contributed by atoms with van der Waals surface area (Å²) >= 11 is 5.95. The maximum atomic E-state index is 5.95. The summed E-state index contributed by atoms with van der Waals surface area (Å²) in [7, 11) is 0. The number of likely N-dealkylation sites (tertiary alicyclic amines) is 1. The Kier molecular flexibility index (Phi) is 4.58. The molecular formula is C20H26ClN5O. The van der Waals surface area contributed by atoms with Gasteiger partial charge in [0, 0.05) is 31.0 Å². The van der Waals surface area contributed by atoms with Gasteiger partial charge >= 0.3 is 0 Å². The lowest BCUT2D eigenvalue weighted by molar-refractivity contribution is -0.0605. The summed E-state index contributed by atoms with van der Waals surface area (Å²) < 4.78 is 7.19. The van der Waals surface area contributed by atoms with Gasteiger partial charge in [-0.15, -0.1) is 0 Å². The minimum absolute atomic E-state index is 0.355. The van der Waals surface area contributed by atoms with Crippen molar-refractivity contribution in [1.29, 1.82) is 0 Å². The van der Waals surface area contributed by atoms with Crippen LogP contribution in [0.2, 0.25) is 5.02 Å². The molecule has 0 aromatic carbocycles. The minimum atomic E-state index is 0.355. The minimum Gasteiger partial charge on any atom is -0.382 e. The summed E-state index contributed by atoms with van der Waals surface area (Å²) in [6.07, 6.45) is 8.99. The maximum absolute atomic E-state index is 5.95. The molecule has 7 heteroatoms. The second-order valence-electron chi connectivity index (χ2n) is 8.26. The lowest BCUT2D eigenvalue weighted by Crippen LogP contribution is -2.48. The largest absolute Gasteiger partial charge is 0.382 e. The topological polar surface area (TPSA) is 69.2 Å². The highest BCUT2D eigenvalue weighted by Gasteiger charge is 2.47. The van der Waals surface area contributed by atoms with Crippen molar-refractivity contribution in [2.45, 2.75) is 37.8 Å². The Morgan fingerprint density at radius 3 is 2.52 bits per heavy atom. The summed E-state index contributed by atoms with van der Waals surface area (Å²) in [5.41, 5.74) is 7.38. The molecule has 2 N–H and O–H groups in total. The van der Waals surface area contributed by atoms with E-state index in [1.807, 2.05) is 16.9 Å². The lowest BCUT2D eigenvalue weighted by atomic mass is 9.93. The zero-order chi connectivity index (χ0) is 18.4. The van der Waals surface area contributed by atoms with Crippen molar-refractivity contribution in [3.8, 4) is 11.3 Å². The molecule has 27 heavy (non-hydrogen) atoms. The molecule has 2 aliphatic carbocycles. The van der Waals surface area contributed by atoms with Crippen LogP contribution in [-0.4, -0.2) is 52.0 Å². The summed E-state index contributed by atoms with van der Waals surface area (Å²) in [5.74, 6) is 2.52. The van der Waals surface area contributed by atoms with Crippen LogP contribution >= 0.6 is 11.6 Å². The molecule has 6 nitrogen and oxygen atoms in total. The summed E-state index contributed by atoms with van der Waals surface area (Å²) in [4.78, 5) is 6.65. The summed E-state index contributed by atoms with van der Waals surface area (Å²) in [6, 6.07) is 5.16. The van der Waals surface area contributed by atoms with E-state index in [9.17, 15) is 0 Å². The van der Waals surface area contributed by atoms with E-state index in [1.54, 1.807) is 12.3 Å². The molecule has 4 aliphatic rings. The number of hydrogen-bond donors (Lipinski definition) is 1. The Bertz CT molecular complexity index is 806. The molecule has 2 saturated heterocycles. The second-order valence-corrected chi connectivity index (χ2v) is 8.67. The van der Waals surface area contributed by atoms with E-state index in [1.165, 1.54) is 38.8 Å². The van der Waals surface area contributed by atoms with E-state index in [-0.39, 0.29) is 0 Å². The third kappa shape index (κ3) is 3.58. The molecule has 4 heterocycles. The van der Waals surface area contributed by atoms with Crippen molar-refractivity contribution in [2.75, 3.05) is 32.0 Å². The van der Waals surface area contributed by atoms with Gasteiger partial charge in [0.2, 0.25) is 0 Å². The van der Waals surface area contributed by atoms with Gasteiger partial charge in [0.15, 0.2) is 0 Å². The summed E-state index contributed by atoms with van der Waals surface area (Å²) in [5, 5.41) is 5.02. The number of nitrogens with zero attached hydrogens (tertiary/aromatic N) is 4. The quantitative estimate of drug-likeness (QED) is 0.875. The van der Waals surface area contributed by atoms with Crippen molar-refractivity contribution >= 4 is 17.4 Å². The van der Waals surface area contributed by atoms with Gasteiger partial charge in [0.25, 0.3) is 0 Å². The van der Waals surface area contributed by atoms with Gasteiger partial charge in [-0.3, -0.25) is 9.58 Å². The number of piperidine rings is 1. The molecule has 2 aromatic rings. The molecule has 0 radical (unpaired) electrons. The van der Waals surface area contributed by atoms with Crippen LogP contribution in [0.5, 0.6) is 0 Å². The number of rotatable bonds is 3. The number of nitrogen functional groups attached to an aromatic ring is 1. The molecule has 6 rings (SSSR count). The monoisotopic (exact) mass is 387 g/mol. The third-order valence-electron chi connectivity index (χ3n) is 6.37. The Morgan fingerprint density at radius 1 is 1.15 bits per heavy atom. The number of halogens is 1. The fraction of sp³-hybridized carbons (Fsp3) is 0.600. The SMILES string of the molecule is C1C2CN(C3COC3)CC12.Nc1ncc(-c2ccn(C3CCC3)n2)cc1Cl. The van der Waals surface area contributed by atoms with E-state index in [0.717, 1.165) is 42.3 Å². The number of aromatic nitrogens is 3. The molecule has 2 unspecified atom stereocenters. The van der Waals surface area contributed by atoms with Gasteiger partial charge in [-0.1, -0.05) is 11.6 Å². The Balaban J connectivity index is 0.000000135. The van der Waals surface area contributed by atoms with E-state index >= 15 is 0 Å².